The van der Waals surface area contributed by atoms with Crippen molar-refractivity contribution in [2.24, 2.45) is 0 Å². The van der Waals surface area contributed by atoms with Gasteiger partial charge in [0.1, 0.15) is 0 Å². The van der Waals surface area contributed by atoms with Crippen LogP contribution in [0.5, 0.6) is 0 Å². The first-order valence-electron chi connectivity index (χ1n) is 9.46. The van der Waals surface area contributed by atoms with Gasteiger partial charge in [0.25, 0.3) is 0 Å². The van der Waals surface area contributed by atoms with Crippen LogP contribution in [0.1, 0.15) is 39.2 Å². The van der Waals surface area contributed by atoms with E-state index in [4.69, 9.17) is 0 Å². The maximum atomic E-state index is 12.2. The van der Waals surface area contributed by atoms with Crippen LogP contribution >= 0.6 is 0 Å². The third kappa shape index (κ3) is 4.69. The Bertz CT molecular complexity index is 993. The number of rotatable bonds is 6. The number of carbonyl (C=O) groups excluding carboxylic acids is 1. The van der Waals surface area contributed by atoms with E-state index in [2.05, 4.69) is 16.1 Å². The highest BCUT2D eigenvalue weighted by atomic mass is 32.2. The normalized spacial score (nSPS) is 16.9. The van der Waals surface area contributed by atoms with E-state index in [0.29, 0.717) is 0 Å². The van der Waals surface area contributed by atoms with Crippen LogP contribution in [0.15, 0.2) is 54.6 Å². The highest BCUT2D eigenvalue weighted by Gasteiger charge is 2.27. The fourth-order valence-corrected chi connectivity index (χ4v) is 4.23. The molecule has 0 saturated carbocycles. The molecule has 2 N–H and O–H groups in total. The maximum absolute atomic E-state index is 12.2. The Kier molecular flexibility index (Phi) is 6.01. The zero-order valence-electron chi connectivity index (χ0n) is 16.4. The van der Waals surface area contributed by atoms with Crippen LogP contribution in [-0.2, 0) is 14.8 Å². The van der Waals surface area contributed by atoms with Gasteiger partial charge >= 0.3 is 0 Å². The molecule has 5 nitrogen and oxygen atoms in total. The Hall–Kier alpha value is -2.44. The van der Waals surface area contributed by atoms with Crippen molar-refractivity contribution in [3.05, 3.63) is 60.2 Å². The SMILES string of the molecule is CC(=O)Nc1cccc(-c2ccc(C3=CCCC3NS(=O)(=O)C(C)C)cc2)c1. The monoisotopic (exact) mass is 398 g/mol. The molecule has 0 aliphatic heterocycles. The second-order valence-corrected chi connectivity index (χ2v) is 9.61. The predicted octanol–water partition coefficient (Wildman–Crippen LogP) is 4.19. The molecule has 0 saturated heterocycles. The summed E-state index contributed by atoms with van der Waals surface area (Å²) in [5.41, 5.74) is 4.86. The van der Waals surface area contributed by atoms with Crippen molar-refractivity contribution in [2.75, 3.05) is 5.32 Å². The number of nitrogens with one attached hydrogen (secondary N) is 2. The van der Waals surface area contributed by atoms with Crippen molar-refractivity contribution in [1.82, 2.24) is 4.72 Å². The van der Waals surface area contributed by atoms with Gasteiger partial charge in [-0.15, -0.1) is 0 Å². The first kappa shape index (κ1) is 20.3. The summed E-state index contributed by atoms with van der Waals surface area (Å²) in [6.45, 7) is 4.86. The van der Waals surface area contributed by atoms with E-state index in [1.807, 2.05) is 48.5 Å². The first-order valence-corrected chi connectivity index (χ1v) is 11.0. The number of allylic oxidation sites excluding steroid dienone is 1. The van der Waals surface area contributed by atoms with Gasteiger partial charge in [0.15, 0.2) is 0 Å². The fourth-order valence-electron chi connectivity index (χ4n) is 3.31. The zero-order chi connectivity index (χ0) is 20.3. The Labute approximate surface area is 166 Å². The minimum Gasteiger partial charge on any atom is -0.326 e. The third-order valence-electron chi connectivity index (χ3n) is 4.86. The van der Waals surface area contributed by atoms with Crippen LogP contribution in [0.3, 0.4) is 0 Å². The van der Waals surface area contributed by atoms with Crippen LogP contribution in [0.25, 0.3) is 16.7 Å². The minimum absolute atomic E-state index is 0.101. The van der Waals surface area contributed by atoms with Crippen LogP contribution in [0.4, 0.5) is 5.69 Å². The average Bonchev–Trinajstić information content (AvgIpc) is 3.09. The van der Waals surface area contributed by atoms with Crippen LogP contribution in [0, 0.1) is 0 Å². The summed E-state index contributed by atoms with van der Waals surface area (Å²) in [4.78, 5) is 11.3. The summed E-state index contributed by atoms with van der Waals surface area (Å²) >= 11 is 0. The van der Waals surface area contributed by atoms with Gasteiger partial charge in [0.2, 0.25) is 15.9 Å². The highest BCUT2D eigenvalue weighted by molar-refractivity contribution is 7.90. The number of amides is 1. The molecule has 6 heteroatoms. The average molecular weight is 399 g/mol. The van der Waals surface area contributed by atoms with Crippen LogP contribution in [-0.4, -0.2) is 25.6 Å². The lowest BCUT2D eigenvalue weighted by Gasteiger charge is -2.19. The lowest BCUT2D eigenvalue weighted by molar-refractivity contribution is -0.114. The Morgan fingerprint density at radius 1 is 1.04 bits per heavy atom. The number of carbonyl (C=O) groups is 1. The number of benzene rings is 2. The second kappa shape index (κ2) is 8.29. The standard InChI is InChI=1S/C22H26N2O3S/c1-15(2)28(26,27)24-22-9-5-8-21(22)18-12-10-17(11-13-18)19-6-4-7-20(14-19)23-16(3)25/h4,6-8,10-15,22,24H,5,9H2,1-3H3,(H,23,25). The number of sulfonamides is 1. The van der Waals surface area contributed by atoms with Gasteiger partial charge in [-0.1, -0.05) is 42.5 Å². The van der Waals surface area contributed by atoms with Gasteiger partial charge in [0.05, 0.1) is 5.25 Å². The molecule has 0 aromatic heterocycles. The Morgan fingerprint density at radius 3 is 2.36 bits per heavy atom. The van der Waals surface area contributed by atoms with Crippen molar-refractivity contribution in [2.45, 2.75) is 44.9 Å². The predicted molar refractivity (Wildman–Crippen MR) is 114 cm³/mol. The van der Waals surface area contributed by atoms with E-state index in [-0.39, 0.29) is 11.9 Å². The molecular formula is C22H26N2O3S. The van der Waals surface area contributed by atoms with Crippen molar-refractivity contribution in [1.29, 1.82) is 0 Å². The van der Waals surface area contributed by atoms with Crippen molar-refractivity contribution in [3.8, 4) is 11.1 Å². The summed E-state index contributed by atoms with van der Waals surface area (Å²) in [6, 6.07) is 15.6. The molecule has 0 fully saturated rings. The highest BCUT2D eigenvalue weighted by Crippen LogP contribution is 2.31. The Morgan fingerprint density at radius 2 is 1.71 bits per heavy atom. The van der Waals surface area contributed by atoms with E-state index in [0.717, 1.165) is 40.8 Å². The van der Waals surface area contributed by atoms with Gasteiger partial charge in [-0.05, 0) is 61.1 Å². The largest absolute Gasteiger partial charge is 0.326 e. The molecule has 148 valence electrons. The van der Waals surface area contributed by atoms with Gasteiger partial charge in [-0.2, -0.15) is 0 Å². The first-order chi connectivity index (χ1) is 13.3. The molecule has 1 unspecified atom stereocenters. The molecule has 0 spiro atoms. The quantitative estimate of drug-likeness (QED) is 0.766. The second-order valence-electron chi connectivity index (χ2n) is 7.34. The maximum Gasteiger partial charge on any atom is 0.221 e. The molecule has 1 aliphatic carbocycles. The van der Waals surface area contributed by atoms with E-state index < -0.39 is 15.3 Å². The molecule has 2 aromatic rings. The van der Waals surface area contributed by atoms with Crippen molar-refractivity contribution >= 4 is 27.2 Å². The molecule has 1 aliphatic rings. The molecule has 1 atom stereocenters. The number of anilines is 1. The third-order valence-corrected chi connectivity index (χ3v) is 6.71. The topological polar surface area (TPSA) is 75.3 Å². The lowest BCUT2D eigenvalue weighted by atomic mass is 9.98. The summed E-state index contributed by atoms with van der Waals surface area (Å²) in [7, 11) is -3.31. The minimum atomic E-state index is -3.31. The summed E-state index contributed by atoms with van der Waals surface area (Å²) in [5.74, 6) is -0.101. The van der Waals surface area contributed by atoms with Gasteiger partial charge in [-0.3, -0.25) is 4.79 Å². The summed E-state index contributed by atoms with van der Waals surface area (Å²) in [6.07, 6.45) is 3.75. The van der Waals surface area contributed by atoms with Crippen molar-refractivity contribution in [3.63, 3.8) is 0 Å². The molecule has 0 heterocycles. The van der Waals surface area contributed by atoms with Gasteiger partial charge < -0.3 is 5.32 Å². The van der Waals surface area contributed by atoms with Gasteiger partial charge in [0, 0.05) is 18.7 Å². The smallest absolute Gasteiger partial charge is 0.221 e. The van der Waals surface area contributed by atoms with Crippen molar-refractivity contribution < 1.29 is 13.2 Å². The molecule has 0 radical (unpaired) electrons. The lowest BCUT2D eigenvalue weighted by Crippen LogP contribution is -2.38. The zero-order valence-corrected chi connectivity index (χ0v) is 17.2. The molecule has 0 bridgehead atoms. The summed E-state index contributed by atoms with van der Waals surface area (Å²) < 4.78 is 27.3. The molecule has 3 rings (SSSR count). The van der Waals surface area contributed by atoms with Crippen LogP contribution < -0.4 is 10.0 Å². The number of hydrogen-bond donors (Lipinski definition) is 2. The van der Waals surface area contributed by atoms with E-state index >= 15 is 0 Å². The fraction of sp³-hybridized carbons (Fsp3) is 0.318. The van der Waals surface area contributed by atoms with Crippen LogP contribution in [0.2, 0.25) is 0 Å². The molecule has 1 amide bonds. The Balaban J connectivity index is 1.80. The molecular weight excluding hydrogens is 372 g/mol. The van der Waals surface area contributed by atoms with E-state index in [9.17, 15) is 13.2 Å². The molecule has 2 aromatic carbocycles. The number of hydrogen-bond acceptors (Lipinski definition) is 3. The molecule has 28 heavy (non-hydrogen) atoms. The van der Waals surface area contributed by atoms with Gasteiger partial charge in [-0.25, -0.2) is 13.1 Å². The van der Waals surface area contributed by atoms with E-state index in [1.165, 1.54) is 6.92 Å². The van der Waals surface area contributed by atoms with E-state index in [1.54, 1.807) is 13.8 Å². The summed E-state index contributed by atoms with van der Waals surface area (Å²) in [5, 5.41) is 2.34.